The minimum atomic E-state index is -0.111. The summed E-state index contributed by atoms with van der Waals surface area (Å²) in [6.07, 6.45) is 2.26. The van der Waals surface area contributed by atoms with Crippen molar-refractivity contribution >= 4 is 6.21 Å². The highest BCUT2D eigenvalue weighted by atomic mass is 16.3. The van der Waals surface area contributed by atoms with Crippen molar-refractivity contribution in [3.8, 4) is 17.2 Å². The molecule has 4 nitrogen and oxygen atoms in total. The molecule has 0 atom stereocenters. The van der Waals surface area contributed by atoms with Gasteiger partial charge in [-0.1, -0.05) is 12.1 Å². The van der Waals surface area contributed by atoms with Crippen molar-refractivity contribution < 1.29 is 15.3 Å². The number of hydrogen-bond acceptors (Lipinski definition) is 4. The first-order chi connectivity index (χ1) is 9.16. The lowest BCUT2D eigenvalue weighted by molar-refractivity contribution is 0.399. The molecule has 4 heteroatoms. The van der Waals surface area contributed by atoms with Gasteiger partial charge >= 0.3 is 0 Å². The van der Waals surface area contributed by atoms with Gasteiger partial charge in [-0.15, -0.1) is 0 Å². The van der Waals surface area contributed by atoms with Crippen LogP contribution in [0.15, 0.2) is 47.5 Å². The first-order valence-electron chi connectivity index (χ1n) is 5.95. The first-order valence-corrected chi connectivity index (χ1v) is 5.95. The van der Waals surface area contributed by atoms with Crippen molar-refractivity contribution in [2.24, 2.45) is 4.99 Å². The van der Waals surface area contributed by atoms with Gasteiger partial charge in [-0.2, -0.15) is 0 Å². The minimum Gasteiger partial charge on any atom is -0.508 e. The molecular formula is C15H15NO3. The van der Waals surface area contributed by atoms with Crippen LogP contribution < -0.4 is 0 Å². The zero-order valence-corrected chi connectivity index (χ0v) is 10.3. The molecule has 0 saturated carbocycles. The van der Waals surface area contributed by atoms with Crippen molar-refractivity contribution in [3.05, 3.63) is 53.6 Å². The normalized spacial score (nSPS) is 10.9. The van der Waals surface area contributed by atoms with E-state index in [0.717, 1.165) is 5.56 Å². The number of aromatic hydroxyl groups is 3. The van der Waals surface area contributed by atoms with Crippen molar-refractivity contribution in [1.29, 1.82) is 0 Å². The van der Waals surface area contributed by atoms with Crippen LogP contribution in [0.1, 0.15) is 11.1 Å². The van der Waals surface area contributed by atoms with Gasteiger partial charge in [0.15, 0.2) is 11.5 Å². The van der Waals surface area contributed by atoms with Crippen LogP contribution in [0.5, 0.6) is 17.2 Å². The lowest BCUT2D eigenvalue weighted by Crippen LogP contribution is -1.91. The van der Waals surface area contributed by atoms with Crippen LogP contribution in [0.2, 0.25) is 0 Å². The molecule has 0 radical (unpaired) electrons. The van der Waals surface area contributed by atoms with Crippen molar-refractivity contribution in [2.75, 3.05) is 6.54 Å². The van der Waals surface area contributed by atoms with Crippen LogP contribution in [-0.2, 0) is 6.42 Å². The zero-order valence-electron chi connectivity index (χ0n) is 10.3. The molecule has 0 aliphatic heterocycles. The summed E-state index contributed by atoms with van der Waals surface area (Å²) >= 11 is 0. The molecule has 19 heavy (non-hydrogen) atoms. The summed E-state index contributed by atoms with van der Waals surface area (Å²) < 4.78 is 0. The van der Waals surface area contributed by atoms with Crippen LogP contribution in [-0.4, -0.2) is 28.1 Å². The zero-order chi connectivity index (χ0) is 13.7. The predicted octanol–water partition coefficient (Wildman–Crippen LogP) is 2.47. The Morgan fingerprint density at radius 2 is 1.68 bits per heavy atom. The second kappa shape index (κ2) is 5.91. The third-order valence-corrected chi connectivity index (χ3v) is 2.74. The number of rotatable bonds is 4. The monoisotopic (exact) mass is 257 g/mol. The molecule has 0 aliphatic rings. The third-order valence-electron chi connectivity index (χ3n) is 2.74. The van der Waals surface area contributed by atoms with E-state index in [1.54, 1.807) is 42.6 Å². The van der Waals surface area contributed by atoms with E-state index >= 15 is 0 Å². The van der Waals surface area contributed by atoms with E-state index in [9.17, 15) is 10.2 Å². The number of phenols is 3. The SMILES string of the molecule is Oc1ccc(C=NCCc2cccc(O)c2O)cc1. The summed E-state index contributed by atoms with van der Waals surface area (Å²) in [6.45, 7) is 0.512. The Morgan fingerprint density at radius 1 is 0.947 bits per heavy atom. The van der Waals surface area contributed by atoms with Gasteiger partial charge in [0.2, 0.25) is 0 Å². The minimum absolute atomic E-state index is 0.0812. The van der Waals surface area contributed by atoms with Crippen LogP contribution in [0.4, 0.5) is 0 Å². The number of aliphatic imine (C=N–C) groups is 1. The average molecular weight is 257 g/mol. The van der Waals surface area contributed by atoms with Gasteiger partial charge in [0.05, 0.1) is 0 Å². The molecule has 0 bridgehead atoms. The molecule has 98 valence electrons. The molecule has 2 aromatic carbocycles. The van der Waals surface area contributed by atoms with Crippen molar-refractivity contribution in [2.45, 2.75) is 6.42 Å². The fourth-order valence-corrected chi connectivity index (χ4v) is 1.69. The topological polar surface area (TPSA) is 73.1 Å². The molecule has 0 aromatic heterocycles. The highest BCUT2D eigenvalue weighted by Crippen LogP contribution is 2.28. The van der Waals surface area contributed by atoms with E-state index in [2.05, 4.69) is 4.99 Å². The molecule has 3 N–H and O–H groups in total. The summed E-state index contributed by atoms with van der Waals surface area (Å²) in [4.78, 5) is 4.24. The van der Waals surface area contributed by atoms with E-state index in [1.807, 2.05) is 0 Å². The van der Waals surface area contributed by atoms with E-state index < -0.39 is 0 Å². The lowest BCUT2D eigenvalue weighted by Gasteiger charge is -2.03. The smallest absolute Gasteiger partial charge is 0.160 e. The molecule has 2 aromatic rings. The molecule has 2 rings (SSSR count). The summed E-state index contributed by atoms with van der Waals surface area (Å²) in [5.74, 6) is 0.0316. The maximum atomic E-state index is 9.61. The Kier molecular flexibility index (Phi) is 4.03. The third kappa shape index (κ3) is 3.48. The summed E-state index contributed by atoms with van der Waals surface area (Å²) in [5.41, 5.74) is 1.57. The molecular weight excluding hydrogens is 242 g/mol. The largest absolute Gasteiger partial charge is 0.508 e. The van der Waals surface area contributed by atoms with E-state index in [4.69, 9.17) is 5.11 Å². The van der Waals surface area contributed by atoms with Gasteiger partial charge in [-0.25, -0.2) is 0 Å². The number of hydrogen-bond donors (Lipinski definition) is 3. The van der Waals surface area contributed by atoms with Crippen LogP contribution in [0.3, 0.4) is 0 Å². The van der Waals surface area contributed by atoms with Gasteiger partial charge in [0.1, 0.15) is 5.75 Å². The van der Waals surface area contributed by atoms with E-state index in [1.165, 1.54) is 6.07 Å². The number of nitrogens with zero attached hydrogens (tertiary/aromatic N) is 1. The Hall–Kier alpha value is -2.49. The Bertz CT molecular complexity index is 576. The Balaban J connectivity index is 1.93. The molecule has 0 aliphatic carbocycles. The first kappa shape index (κ1) is 13.0. The molecule has 0 heterocycles. The predicted molar refractivity (Wildman–Crippen MR) is 74.0 cm³/mol. The highest BCUT2D eigenvalue weighted by molar-refractivity contribution is 5.79. The van der Waals surface area contributed by atoms with Crippen LogP contribution >= 0.6 is 0 Å². The highest BCUT2D eigenvalue weighted by Gasteiger charge is 2.04. The van der Waals surface area contributed by atoms with E-state index in [-0.39, 0.29) is 17.2 Å². The quantitative estimate of drug-likeness (QED) is 0.582. The fourth-order valence-electron chi connectivity index (χ4n) is 1.69. The Labute approximate surface area is 111 Å². The number of phenolic OH excluding ortho intramolecular Hbond substituents is 3. The van der Waals surface area contributed by atoms with Crippen molar-refractivity contribution in [3.63, 3.8) is 0 Å². The second-order valence-electron chi connectivity index (χ2n) is 4.16. The standard InChI is InChI=1S/C15H15NO3/c17-13-6-4-11(5-7-13)10-16-9-8-12-2-1-3-14(18)15(12)19/h1-7,10,17-19H,8-9H2. The molecule has 0 amide bonds. The van der Waals surface area contributed by atoms with Gasteiger partial charge in [-0.3, -0.25) is 4.99 Å². The fraction of sp³-hybridized carbons (Fsp3) is 0.133. The van der Waals surface area contributed by atoms with Gasteiger partial charge < -0.3 is 15.3 Å². The van der Waals surface area contributed by atoms with E-state index in [0.29, 0.717) is 18.5 Å². The maximum absolute atomic E-state index is 9.61. The molecule has 0 spiro atoms. The van der Waals surface area contributed by atoms with Crippen molar-refractivity contribution in [1.82, 2.24) is 0 Å². The number of benzene rings is 2. The van der Waals surface area contributed by atoms with Crippen LogP contribution in [0, 0.1) is 0 Å². The summed E-state index contributed by atoms with van der Waals surface area (Å²) in [5, 5.41) is 28.1. The van der Waals surface area contributed by atoms with Crippen LogP contribution in [0.25, 0.3) is 0 Å². The van der Waals surface area contributed by atoms with Gasteiger partial charge in [0.25, 0.3) is 0 Å². The molecule has 0 saturated heterocycles. The molecule has 0 unspecified atom stereocenters. The van der Waals surface area contributed by atoms with Gasteiger partial charge in [0, 0.05) is 12.8 Å². The maximum Gasteiger partial charge on any atom is 0.160 e. The number of para-hydroxylation sites is 1. The lowest BCUT2D eigenvalue weighted by atomic mass is 10.1. The van der Waals surface area contributed by atoms with Gasteiger partial charge in [-0.05, 0) is 47.9 Å². The molecule has 0 fully saturated rings. The second-order valence-corrected chi connectivity index (χ2v) is 4.16. The summed E-state index contributed by atoms with van der Waals surface area (Å²) in [6, 6.07) is 11.6. The summed E-state index contributed by atoms with van der Waals surface area (Å²) in [7, 11) is 0. The Morgan fingerprint density at radius 3 is 2.42 bits per heavy atom. The average Bonchev–Trinajstić information content (AvgIpc) is 2.41.